The highest BCUT2D eigenvalue weighted by molar-refractivity contribution is 7.98. The molecule has 2 aromatic rings. The summed E-state index contributed by atoms with van der Waals surface area (Å²) in [4.78, 5) is 15.5. The molecule has 1 heterocycles. The Morgan fingerprint density at radius 2 is 1.86 bits per heavy atom. The van der Waals surface area contributed by atoms with Gasteiger partial charge < -0.3 is 9.64 Å². The van der Waals surface area contributed by atoms with Crippen LogP contribution < -0.4 is 4.72 Å². The topological polar surface area (TPSA) is 75.7 Å². The fraction of sp³-hybridized carbons (Fsp3) is 0.350. The van der Waals surface area contributed by atoms with E-state index in [1.165, 1.54) is 23.9 Å². The fourth-order valence-corrected chi connectivity index (χ4v) is 4.74. The summed E-state index contributed by atoms with van der Waals surface area (Å²) in [7, 11) is -3.82. The third-order valence-corrected chi connectivity index (χ3v) is 7.02. The number of aryl methyl sites for hydroxylation is 1. The van der Waals surface area contributed by atoms with Gasteiger partial charge in [-0.2, -0.15) is 0 Å². The van der Waals surface area contributed by atoms with Crippen molar-refractivity contribution in [2.75, 3.05) is 37.3 Å². The van der Waals surface area contributed by atoms with Crippen LogP contribution in [0.5, 0.6) is 0 Å². The molecule has 28 heavy (non-hydrogen) atoms. The Morgan fingerprint density at radius 1 is 1.14 bits per heavy atom. The maximum atomic E-state index is 13.0. The van der Waals surface area contributed by atoms with E-state index in [0.717, 1.165) is 16.0 Å². The molecule has 1 N–H and O–H groups in total. The third-order valence-electron chi connectivity index (χ3n) is 4.86. The number of rotatable bonds is 5. The molecule has 0 aromatic heterocycles. The summed E-state index contributed by atoms with van der Waals surface area (Å²) in [6.45, 7) is 5.80. The standard InChI is InChI=1S/C20H24N2O4S2/c1-14-5-4-6-18(15(14)2)21-28(24,25)16-7-8-19(27-3)17(13-16)20(23)22-9-11-26-12-10-22/h4-8,13,21H,9-12H2,1-3H3. The normalized spacial score (nSPS) is 14.8. The van der Waals surface area contributed by atoms with Crippen LogP contribution in [0.4, 0.5) is 5.69 Å². The number of sulfonamides is 1. The van der Waals surface area contributed by atoms with Crippen molar-refractivity contribution in [3.05, 3.63) is 53.1 Å². The maximum Gasteiger partial charge on any atom is 0.261 e. The molecule has 0 bridgehead atoms. The number of benzene rings is 2. The van der Waals surface area contributed by atoms with Crippen LogP contribution in [0.2, 0.25) is 0 Å². The van der Waals surface area contributed by atoms with Crippen molar-refractivity contribution >= 4 is 33.4 Å². The van der Waals surface area contributed by atoms with Crippen LogP contribution in [0.3, 0.4) is 0 Å². The van der Waals surface area contributed by atoms with Gasteiger partial charge in [-0.1, -0.05) is 12.1 Å². The van der Waals surface area contributed by atoms with Crippen molar-refractivity contribution in [2.24, 2.45) is 0 Å². The predicted octanol–water partition coefficient (Wildman–Crippen LogP) is 3.30. The predicted molar refractivity (Wildman–Crippen MR) is 112 cm³/mol. The van der Waals surface area contributed by atoms with Gasteiger partial charge in [-0.05, 0) is 55.5 Å². The first-order chi connectivity index (χ1) is 13.3. The first-order valence-corrected chi connectivity index (χ1v) is 11.7. The van der Waals surface area contributed by atoms with Crippen molar-refractivity contribution < 1.29 is 17.9 Å². The minimum atomic E-state index is -3.82. The minimum absolute atomic E-state index is 0.0721. The summed E-state index contributed by atoms with van der Waals surface area (Å²) in [6, 6.07) is 10.2. The zero-order chi connectivity index (χ0) is 20.3. The number of nitrogens with zero attached hydrogens (tertiary/aromatic N) is 1. The van der Waals surface area contributed by atoms with Crippen LogP contribution in [0.15, 0.2) is 46.2 Å². The van der Waals surface area contributed by atoms with Gasteiger partial charge >= 0.3 is 0 Å². The molecule has 1 fully saturated rings. The van der Waals surface area contributed by atoms with E-state index in [9.17, 15) is 13.2 Å². The van der Waals surface area contributed by atoms with Gasteiger partial charge in [0.1, 0.15) is 0 Å². The molecule has 0 atom stereocenters. The molecule has 0 aliphatic carbocycles. The minimum Gasteiger partial charge on any atom is -0.378 e. The number of hydrogen-bond acceptors (Lipinski definition) is 5. The van der Waals surface area contributed by atoms with Crippen molar-refractivity contribution in [1.29, 1.82) is 0 Å². The molecule has 0 spiro atoms. The molecule has 2 aromatic carbocycles. The summed E-state index contributed by atoms with van der Waals surface area (Å²) in [6.07, 6.45) is 1.87. The highest BCUT2D eigenvalue weighted by Gasteiger charge is 2.24. The monoisotopic (exact) mass is 420 g/mol. The highest BCUT2D eigenvalue weighted by Crippen LogP contribution is 2.27. The zero-order valence-corrected chi connectivity index (χ0v) is 17.8. The summed E-state index contributed by atoms with van der Waals surface area (Å²) >= 11 is 1.42. The van der Waals surface area contributed by atoms with Crippen molar-refractivity contribution in [2.45, 2.75) is 23.6 Å². The van der Waals surface area contributed by atoms with E-state index in [2.05, 4.69) is 4.72 Å². The number of thioether (sulfide) groups is 1. The second kappa shape index (κ2) is 8.55. The Labute approximate surface area is 170 Å². The Hall–Kier alpha value is -2.03. The van der Waals surface area contributed by atoms with Gasteiger partial charge in [-0.15, -0.1) is 11.8 Å². The van der Waals surface area contributed by atoms with Crippen LogP contribution in [0.25, 0.3) is 0 Å². The van der Waals surface area contributed by atoms with Crippen LogP contribution >= 0.6 is 11.8 Å². The number of morpholine rings is 1. The molecular formula is C20H24N2O4S2. The van der Waals surface area contributed by atoms with Crippen molar-refractivity contribution in [3.8, 4) is 0 Å². The Morgan fingerprint density at radius 3 is 2.54 bits per heavy atom. The molecule has 8 heteroatoms. The summed E-state index contributed by atoms with van der Waals surface area (Å²) in [5.74, 6) is -0.170. The molecular weight excluding hydrogens is 396 g/mol. The van der Waals surface area contributed by atoms with Crippen LogP contribution in [0, 0.1) is 13.8 Å². The first-order valence-electron chi connectivity index (χ1n) is 8.97. The van der Waals surface area contributed by atoms with Gasteiger partial charge in [0.15, 0.2) is 0 Å². The third kappa shape index (κ3) is 4.34. The number of amides is 1. The number of carbonyl (C=O) groups excluding carboxylic acids is 1. The number of anilines is 1. The molecule has 0 radical (unpaired) electrons. The second-order valence-electron chi connectivity index (χ2n) is 6.62. The molecule has 1 saturated heterocycles. The van der Waals surface area contributed by atoms with E-state index in [0.29, 0.717) is 37.6 Å². The van der Waals surface area contributed by atoms with Gasteiger partial charge in [0.25, 0.3) is 15.9 Å². The van der Waals surface area contributed by atoms with Crippen LogP contribution in [0.1, 0.15) is 21.5 Å². The number of ether oxygens (including phenoxy) is 1. The fourth-order valence-electron chi connectivity index (χ4n) is 3.02. The Balaban J connectivity index is 1.95. The lowest BCUT2D eigenvalue weighted by atomic mass is 10.1. The van der Waals surface area contributed by atoms with Gasteiger partial charge in [0.2, 0.25) is 0 Å². The van der Waals surface area contributed by atoms with E-state index >= 15 is 0 Å². The number of nitrogens with one attached hydrogen (secondary N) is 1. The molecule has 1 aliphatic heterocycles. The average Bonchev–Trinajstić information content (AvgIpc) is 2.71. The molecule has 3 rings (SSSR count). The Bertz CT molecular complexity index is 984. The van der Waals surface area contributed by atoms with Crippen molar-refractivity contribution in [3.63, 3.8) is 0 Å². The lowest BCUT2D eigenvalue weighted by molar-refractivity contribution is 0.0300. The van der Waals surface area contributed by atoms with Crippen LogP contribution in [-0.2, 0) is 14.8 Å². The number of hydrogen-bond donors (Lipinski definition) is 1. The summed E-state index contributed by atoms with van der Waals surface area (Å²) in [5.41, 5.74) is 2.81. The SMILES string of the molecule is CSc1ccc(S(=O)(=O)Nc2cccc(C)c2C)cc1C(=O)N1CCOCC1. The van der Waals surface area contributed by atoms with Crippen LogP contribution in [-0.4, -0.2) is 51.8 Å². The van der Waals surface area contributed by atoms with E-state index in [1.54, 1.807) is 17.0 Å². The van der Waals surface area contributed by atoms with Gasteiger partial charge in [-0.25, -0.2) is 8.42 Å². The summed E-state index contributed by atoms with van der Waals surface area (Å²) < 4.78 is 33.9. The van der Waals surface area contributed by atoms with Gasteiger partial charge in [-0.3, -0.25) is 9.52 Å². The van der Waals surface area contributed by atoms with Crippen molar-refractivity contribution in [1.82, 2.24) is 4.90 Å². The molecule has 0 saturated carbocycles. The van der Waals surface area contributed by atoms with E-state index in [4.69, 9.17) is 4.74 Å². The number of carbonyl (C=O) groups is 1. The lowest BCUT2D eigenvalue weighted by Gasteiger charge is -2.27. The molecule has 150 valence electrons. The molecule has 6 nitrogen and oxygen atoms in total. The van der Waals surface area contributed by atoms with E-state index in [-0.39, 0.29) is 10.8 Å². The smallest absolute Gasteiger partial charge is 0.261 e. The largest absolute Gasteiger partial charge is 0.378 e. The second-order valence-corrected chi connectivity index (χ2v) is 9.15. The Kier molecular flexibility index (Phi) is 6.32. The zero-order valence-electron chi connectivity index (χ0n) is 16.2. The lowest BCUT2D eigenvalue weighted by Crippen LogP contribution is -2.41. The van der Waals surface area contributed by atoms with E-state index in [1.807, 2.05) is 32.2 Å². The van der Waals surface area contributed by atoms with Gasteiger partial charge in [0, 0.05) is 18.0 Å². The molecule has 0 unspecified atom stereocenters. The average molecular weight is 421 g/mol. The molecule has 1 amide bonds. The highest BCUT2D eigenvalue weighted by atomic mass is 32.2. The summed E-state index contributed by atoms with van der Waals surface area (Å²) in [5, 5.41) is 0. The maximum absolute atomic E-state index is 13.0. The van der Waals surface area contributed by atoms with Gasteiger partial charge in [0.05, 0.1) is 29.4 Å². The first kappa shape index (κ1) is 20.7. The van der Waals surface area contributed by atoms with E-state index < -0.39 is 10.0 Å². The quantitative estimate of drug-likeness (QED) is 0.751. The molecule has 1 aliphatic rings.